The summed E-state index contributed by atoms with van der Waals surface area (Å²) < 4.78 is 14.3. The number of nitrogens with zero attached hydrogens (tertiary/aromatic N) is 3. The fourth-order valence-corrected chi connectivity index (χ4v) is 5.40. The fourth-order valence-electron chi connectivity index (χ4n) is 5.40. The number of aliphatic imine (C=N–C) groups is 1. The summed E-state index contributed by atoms with van der Waals surface area (Å²) in [7, 11) is 4.11. The second-order valence-corrected chi connectivity index (χ2v) is 10.0. The molecular weight excluding hydrogens is 435 g/mol. The first-order valence-electron chi connectivity index (χ1n) is 12.5. The molecule has 9 nitrogen and oxygen atoms in total. The summed E-state index contributed by atoms with van der Waals surface area (Å²) >= 11 is 0. The number of halogens is 1. The number of rotatable bonds is 8. The monoisotopic (exact) mass is 472 g/mol. The Morgan fingerprint density at radius 1 is 1.26 bits per heavy atom. The lowest BCUT2D eigenvalue weighted by Gasteiger charge is -2.32. The molecule has 1 aromatic carbocycles. The van der Waals surface area contributed by atoms with Gasteiger partial charge in [-0.25, -0.2) is 15.2 Å². The number of hydrogen-bond donors (Lipinski definition) is 5. The number of amides is 1. The Hall–Kier alpha value is -2.11. The SMILES string of the molecule is CN1CCNC1[C@@H](NC(=O)c1cccc(NCC2NNC(C3CCN=CC3F)N2C)c1)C1CC1. The molecule has 5 N–H and O–H groups in total. The van der Waals surface area contributed by atoms with Crippen LogP contribution < -0.4 is 26.8 Å². The Morgan fingerprint density at radius 3 is 2.85 bits per heavy atom. The van der Waals surface area contributed by atoms with Crippen molar-refractivity contribution in [1.29, 1.82) is 0 Å². The van der Waals surface area contributed by atoms with Crippen molar-refractivity contribution in [3.05, 3.63) is 29.8 Å². The zero-order chi connectivity index (χ0) is 23.7. The minimum absolute atomic E-state index is 0.00299. The maximum absolute atomic E-state index is 14.3. The maximum Gasteiger partial charge on any atom is 0.251 e. The van der Waals surface area contributed by atoms with E-state index in [0.717, 1.165) is 25.2 Å². The van der Waals surface area contributed by atoms with Crippen LogP contribution in [-0.2, 0) is 0 Å². The Morgan fingerprint density at radius 2 is 2.12 bits per heavy atom. The molecule has 3 aliphatic heterocycles. The van der Waals surface area contributed by atoms with Crippen molar-refractivity contribution in [2.24, 2.45) is 16.8 Å². The van der Waals surface area contributed by atoms with Crippen LogP contribution in [0.3, 0.4) is 0 Å². The van der Waals surface area contributed by atoms with Gasteiger partial charge >= 0.3 is 0 Å². The standard InChI is InChI=1S/C24H37FN8O/c1-32-11-10-27-23(32)21(15-6-7-15)29-24(34)16-4-3-5-17(12-16)28-14-20-30-31-22(33(20)2)18-8-9-26-13-19(18)25/h3-5,12-13,15,18-23,27-28,30-31H,6-11,14H2,1-2H3,(H,29,34)/t18?,19?,20?,21-,22?,23?/m0/s1. The van der Waals surface area contributed by atoms with Crippen LogP contribution in [0.4, 0.5) is 10.1 Å². The third-order valence-corrected chi connectivity index (χ3v) is 7.67. The van der Waals surface area contributed by atoms with Gasteiger partial charge in [-0.3, -0.25) is 24.9 Å². The van der Waals surface area contributed by atoms with Crippen molar-refractivity contribution < 1.29 is 9.18 Å². The molecule has 4 aliphatic rings. The number of carbonyl (C=O) groups is 1. The molecule has 3 fully saturated rings. The minimum atomic E-state index is -1.03. The van der Waals surface area contributed by atoms with Gasteiger partial charge in [0.05, 0.1) is 24.5 Å². The molecule has 0 radical (unpaired) electrons. The van der Waals surface area contributed by atoms with E-state index >= 15 is 0 Å². The zero-order valence-electron chi connectivity index (χ0n) is 20.0. The maximum atomic E-state index is 14.3. The normalized spacial score (nSPS) is 33.2. The molecule has 1 amide bonds. The van der Waals surface area contributed by atoms with E-state index in [1.54, 1.807) is 0 Å². The van der Waals surface area contributed by atoms with E-state index in [4.69, 9.17) is 0 Å². The van der Waals surface area contributed by atoms with E-state index < -0.39 is 6.17 Å². The van der Waals surface area contributed by atoms with Crippen molar-refractivity contribution in [2.45, 2.75) is 50.0 Å². The highest BCUT2D eigenvalue weighted by molar-refractivity contribution is 5.95. The highest BCUT2D eigenvalue weighted by Gasteiger charge is 2.41. The first kappa shape index (κ1) is 23.6. The molecule has 0 bridgehead atoms. The van der Waals surface area contributed by atoms with Crippen molar-refractivity contribution in [3.8, 4) is 0 Å². The second-order valence-electron chi connectivity index (χ2n) is 10.0. The molecule has 2 saturated heterocycles. The summed E-state index contributed by atoms with van der Waals surface area (Å²) in [4.78, 5) is 21.6. The van der Waals surface area contributed by atoms with E-state index in [2.05, 4.69) is 48.6 Å². The van der Waals surface area contributed by atoms with Crippen LogP contribution in [0.15, 0.2) is 29.3 Å². The Balaban J connectivity index is 1.17. The van der Waals surface area contributed by atoms with Crippen molar-refractivity contribution in [1.82, 2.24) is 31.3 Å². The number of likely N-dealkylation sites (N-methyl/N-ethyl adjacent to an activating group) is 2. The molecule has 0 spiro atoms. The number of hydrogen-bond acceptors (Lipinski definition) is 8. The van der Waals surface area contributed by atoms with Crippen LogP contribution in [0.1, 0.15) is 29.6 Å². The lowest BCUT2D eigenvalue weighted by molar-refractivity contribution is 0.0897. The molecule has 1 aliphatic carbocycles. The molecular formula is C24H37FN8O. The first-order chi connectivity index (χ1) is 16.5. The molecule has 5 rings (SSSR count). The summed E-state index contributed by atoms with van der Waals surface area (Å²) in [6, 6.07) is 7.77. The molecule has 6 atom stereocenters. The molecule has 34 heavy (non-hydrogen) atoms. The molecule has 5 unspecified atom stereocenters. The fraction of sp³-hybridized carbons (Fsp3) is 0.667. The lowest BCUT2D eigenvalue weighted by Crippen LogP contribution is -2.54. The number of nitrogens with one attached hydrogen (secondary N) is 5. The lowest BCUT2D eigenvalue weighted by atomic mass is 9.94. The van der Waals surface area contributed by atoms with Gasteiger partial charge in [-0.1, -0.05) is 6.07 Å². The average Bonchev–Trinajstić information content (AvgIpc) is 3.50. The number of carbonyl (C=O) groups excluding carboxylic acids is 1. The summed E-state index contributed by atoms with van der Waals surface area (Å²) in [5.74, 6) is 0.389. The summed E-state index contributed by atoms with van der Waals surface area (Å²) in [5.41, 5.74) is 8.07. The highest BCUT2D eigenvalue weighted by atomic mass is 19.1. The Labute approximate surface area is 200 Å². The summed E-state index contributed by atoms with van der Waals surface area (Å²) in [5, 5.41) is 10.3. The zero-order valence-corrected chi connectivity index (χ0v) is 20.0. The minimum Gasteiger partial charge on any atom is -0.382 e. The van der Waals surface area contributed by atoms with Crippen LogP contribution in [0.25, 0.3) is 0 Å². The van der Waals surface area contributed by atoms with Gasteiger partial charge < -0.3 is 10.6 Å². The van der Waals surface area contributed by atoms with Gasteiger partial charge in [0.1, 0.15) is 6.17 Å². The largest absolute Gasteiger partial charge is 0.382 e. The van der Waals surface area contributed by atoms with Gasteiger partial charge in [-0.2, -0.15) is 0 Å². The van der Waals surface area contributed by atoms with Crippen LogP contribution in [0.5, 0.6) is 0 Å². The number of hydrazine groups is 1. The van der Waals surface area contributed by atoms with Gasteiger partial charge in [-0.05, 0) is 57.5 Å². The molecule has 0 aromatic heterocycles. The van der Waals surface area contributed by atoms with Gasteiger partial charge in [0.2, 0.25) is 0 Å². The topological polar surface area (TPSA) is 96.1 Å². The second kappa shape index (κ2) is 10.2. The van der Waals surface area contributed by atoms with E-state index in [0.29, 0.717) is 24.6 Å². The number of anilines is 1. The smallest absolute Gasteiger partial charge is 0.251 e. The average molecular weight is 473 g/mol. The van der Waals surface area contributed by atoms with Crippen molar-refractivity contribution in [2.75, 3.05) is 45.6 Å². The number of benzene rings is 1. The van der Waals surface area contributed by atoms with Gasteiger partial charge in [0, 0.05) is 49.6 Å². The van der Waals surface area contributed by atoms with E-state index in [1.165, 1.54) is 19.1 Å². The highest BCUT2D eigenvalue weighted by Crippen LogP contribution is 2.35. The Kier molecular flexibility index (Phi) is 7.12. The first-order valence-corrected chi connectivity index (χ1v) is 12.5. The number of alkyl halides is 1. The molecule has 186 valence electrons. The molecule has 3 heterocycles. The van der Waals surface area contributed by atoms with Crippen molar-refractivity contribution in [3.63, 3.8) is 0 Å². The third-order valence-electron chi connectivity index (χ3n) is 7.67. The van der Waals surface area contributed by atoms with Crippen LogP contribution in [0, 0.1) is 11.8 Å². The predicted molar refractivity (Wildman–Crippen MR) is 131 cm³/mol. The van der Waals surface area contributed by atoms with E-state index in [-0.39, 0.29) is 36.4 Å². The van der Waals surface area contributed by atoms with Crippen LogP contribution in [0.2, 0.25) is 0 Å². The van der Waals surface area contributed by atoms with E-state index in [9.17, 15) is 9.18 Å². The van der Waals surface area contributed by atoms with Crippen molar-refractivity contribution >= 4 is 17.8 Å². The third kappa shape index (κ3) is 5.11. The predicted octanol–water partition coefficient (Wildman–Crippen LogP) is 0.589. The Bertz CT molecular complexity index is 895. The van der Waals surface area contributed by atoms with E-state index in [1.807, 2.05) is 31.3 Å². The van der Waals surface area contributed by atoms with Gasteiger partial charge in [-0.15, -0.1) is 0 Å². The summed E-state index contributed by atoms with van der Waals surface area (Å²) in [6.07, 6.45) is 3.58. The van der Waals surface area contributed by atoms with Crippen LogP contribution >= 0.6 is 0 Å². The molecule has 1 aromatic rings. The van der Waals surface area contributed by atoms with Gasteiger partial charge in [0.25, 0.3) is 5.91 Å². The summed E-state index contributed by atoms with van der Waals surface area (Å²) in [6.45, 7) is 3.25. The van der Waals surface area contributed by atoms with Crippen LogP contribution in [-0.4, -0.2) is 92.9 Å². The van der Waals surface area contributed by atoms with Gasteiger partial charge in [0.15, 0.2) is 0 Å². The molecule has 10 heteroatoms. The molecule has 1 saturated carbocycles. The quantitative estimate of drug-likeness (QED) is 0.378.